The SMILES string of the molecule is Cc1cc(N2CC(C)OC(CBr)C2)ncc1Br. The second-order valence-corrected chi connectivity index (χ2v) is 5.92. The number of rotatable bonds is 2. The lowest BCUT2D eigenvalue weighted by Gasteiger charge is -2.37. The summed E-state index contributed by atoms with van der Waals surface area (Å²) in [5.41, 5.74) is 1.21. The van der Waals surface area contributed by atoms with Crippen LogP contribution in [0.4, 0.5) is 5.82 Å². The molecule has 5 heteroatoms. The number of alkyl halides is 1. The number of hydrogen-bond donors (Lipinski definition) is 0. The van der Waals surface area contributed by atoms with Gasteiger partial charge < -0.3 is 9.64 Å². The molecule has 3 nitrogen and oxygen atoms in total. The van der Waals surface area contributed by atoms with Crippen molar-refractivity contribution in [3.05, 3.63) is 22.3 Å². The van der Waals surface area contributed by atoms with Gasteiger partial charge in [-0.05, 0) is 41.4 Å². The van der Waals surface area contributed by atoms with Crippen molar-refractivity contribution < 1.29 is 4.74 Å². The topological polar surface area (TPSA) is 25.4 Å². The lowest BCUT2D eigenvalue weighted by atomic mass is 10.2. The van der Waals surface area contributed by atoms with E-state index in [2.05, 4.69) is 61.7 Å². The van der Waals surface area contributed by atoms with Crippen molar-refractivity contribution >= 4 is 37.7 Å². The number of hydrogen-bond acceptors (Lipinski definition) is 3. The van der Waals surface area contributed by atoms with Crippen LogP contribution in [0, 0.1) is 6.92 Å². The summed E-state index contributed by atoms with van der Waals surface area (Å²) < 4.78 is 6.87. The van der Waals surface area contributed by atoms with Gasteiger partial charge in [0, 0.05) is 29.1 Å². The van der Waals surface area contributed by atoms with Crippen LogP contribution >= 0.6 is 31.9 Å². The van der Waals surface area contributed by atoms with E-state index in [9.17, 15) is 0 Å². The maximum absolute atomic E-state index is 5.82. The Bertz CT molecular complexity index is 400. The summed E-state index contributed by atoms with van der Waals surface area (Å²) in [6.07, 6.45) is 2.36. The third kappa shape index (κ3) is 3.20. The molecule has 2 atom stereocenters. The number of aryl methyl sites for hydroxylation is 1. The number of ether oxygens (including phenoxy) is 1. The van der Waals surface area contributed by atoms with Crippen LogP contribution in [0.2, 0.25) is 0 Å². The minimum absolute atomic E-state index is 0.240. The standard InChI is InChI=1S/C12H16Br2N2O/c1-8-3-12(15-5-11(8)14)16-6-9(2)17-10(4-13)7-16/h3,5,9-10H,4,6-7H2,1-2H3. The first-order chi connectivity index (χ1) is 8.10. The van der Waals surface area contributed by atoms with Crippen LogP contribution in [-0.4, -0.2) is 35.6 Å². The Balaban J connectivity index is 2.17. The first kappa shape index (κ1) is 13.3. The van der Waals surface area contributed by atoms with Gasteiger partial charge >= 0.3 is 0 Å². The Morgan fingerprint density at radius 3 is 2.94 bits per heavy atom. The molecule has 1 aromatic rings. The van der Waals surface area contributed by atoms with E-state index in [0.717, 1.165) is 28.7 Å². The molecule has 94 valence electrons. The molecule has 0 N–H and O–H groups in total. The van der Waals surface area contributed by atoms with Crippen LogP contribution in [0.1, 0.15) is 12.5 Å². The van der Waals surface area contributed by atoms with E-state index in [1.807, 2.05) is 6.20 Å². The van der Waals surface area contributed by atoms with Gasteiger partial charge in [0.2, 0.25) is 0 Å². The van der Waals surface area contributed by atoms with Crippen molar-refractivity contribution in [3.63, 3.8) is 0 Å². The first-order valence-electron chi connectivity index (χ1n) is 5.68. The molecular formula is C12H16Br2N2O. The molecule has 1 saturated heterocycles. The minimum Gasteiger partial charge on any atom is -0.371 e. The van der Waals surface area contributed by atoms with Gasteiger partial charge in [0.1, 0.15) is 5.82 Å². The predicted molar refractivity (Wildman–Crippen MR) is 77.0 cm³/mol. The highest BCUT2D eigenvalue weighted by Crippen LogP contribution is 2.23. The Morgan fingerprint density at radius 1 is 1.53 bits per heavy atom. The molecule has 2 unspecified atom stereocenters. The zero-order chi connectivity index (χ0) is 12.4. The number of nitrogens with zero attached hydrogens (tertiary/aromatic N) is 2. The molecular weight excluding hydrogens is 348 g/mol. The molecule has 1 fully saturated rings. The Morgan fingerprint density at radius 2 is 2.29 bits per heavy atom. The third-order valence-electron chi connectivity index (χ3n) is 2.85. The number of anilines is 1. The molecule has 2 rings (SSSR count). The molecule has 2 heterocycles. The van der Waals surface area contributed by atoms with Crippen LogP contribution in [0.5, 0.6) is 0 Å². The second-order valence-electron chi connectivity index (χ2n) is 4.42. The van der Waals surface area contributed by atoms with Crippen molar-refractivity contribution in [2.75, 3.05) is 23.3 Å². The fourth-order valence-electron chi connectivity index (χ4n) is 2.01. The normalized spacial score (nSPS) is 25.1. The van der Waals surface area contributed by atoms with Crippen LogP contribution in [-0.2, 0) is 4.74 Å². The Hall–Kier alpha value is -0.130. The molecule has 0 aliphatic carbocycles. The van der Waals surface area contributed by atoms with Gasteiger partial charge in [0.15, 0.2) is 0 Å². The molecule has 0 radical (unpaired) electrons. The highest BCUT2D eigenvalue weighted by molar-refractivity contribution is 9.10. The lowest BCUT2D eigenvalue weighted by Crippen LogP contribution is -2.47. The number of pyridine rings is 1. The van der Waals surface area contributed by atoms with Crippen LogP contribution in [0.25, 0.3) is 0 Å². The van der Waals surface area contributed by atoms with E-state index in [1.165, 1.54) is 5.56 Å². The molecule has 0 amide bonds. The van der Waals surface area contributed by atoms with E-state index < -0.39 is 0 Å². The minimum atomic E-state index is 0.240. The maximum atomic E-state index is 5.82. The summed E-state index contributed by atoms with van der Waals surface area (Å²) in [4.78, 5) is 6.77. The maximum Gasteiger partial charge on any atom is 0.128 e. The molecule has 0 bridgehead atoms. The number of aromatic nitrogens is 1. The van der Waals surface area contributed by atoms with Crippen LogP contribution in [0.15, 0.2) is 16.7 Å². The van der Waals surface area contributed by atoms with Gasteiger partial charge in [-0.3, -0.25) is 0 Å². The van der Waals surface area contributed by atoms with Crippen molar-refractivity contribution in [1.82, 2.24) is 4.98 Å². The van der Waals surface area contributed by atoms with E-state index in [4.69, 9.17) is 4.74 Å². The molecule has 1 aliphatic heterocycles. The average Bonchev–Trinajstić information content (AvgIpc) is 2.32. The van der Waals surface area contributed by atoms with Gasteiger partial charge in [0.05, 0.1) is 12.2 Å². The van der Waals surface area contributed by atoms with Crippen molar-refractivity contribution in [2.24, 2.45) is 0 Å². The average molecular weight is 364 g/mol. The summed E-state index contributed by atoms with van der Waals surface area (Å²) in [5.74, 6) is 1.03. The van der Waals surface area contributed by atoms with Crippen molar-refractivity contribution in [2.45, 2.75) is 26.1 Å². The van der Waals surface area contributed by atoms with Crippen LogP contribution in [0.3, 0.4) is 0 Å². The fraction of sp³-hybridized carbons (Fsp3) is 0.583. The summed E-state index contributed by atoms with van der Waals surface area (Å²) >= 11 is 6.96. The van der Waals surface area contributed by atoms with Crippen LogP contribution < -0.4 is 4.90 Å². The molecule has 0 aromatic carbocycles. The van der Waals surface area contributed by atoms with E-state index in [-0.39, 0.29) is 12.2 Å². The smallest absolute Gasteiger partial charge is 0.128 e. The molecule has 0 spiro atoms. The number of morpholine rings is 1. The molecule has 1 aliphatic rings. The first-order valence-corrected chi connectivity index (χ1v) is 7.60. The van der Waals surface area contributed by atoms with Gasteiger partial charge in [-0.15, -0.1) is 0 Å². The predicted octanol–water partition coefficient (Wildman–Crippen LogP) is 3.14. The second kappa shape index (κ2) is 5.67. The lowest BCUT2D eigenvalue weighted by molar-refractivity contribution is -0.00223. The molecule has 0 saturated carbocycles. The third-order valence-corrected chi connectivity index (χ3v) is 4.41. The van der Waals surface area contributed by atoms with E-state index in [1.54, 1.807) is 0 Å². The van der Waals surface area contributed by atoms with Crippen molar-refractivity contribution in [1.29, 1.82) is 0 Å². The Kier molecular flexibility index (Phi) is 4.44. The highest BCUT2D eigenvalue weighted by Gasteiger charge is 2.25. The van der Waals surface area contributed by atoms with E-state index in [0.29, 0.717) is 0 Å². The summed E-state index contributed by atoms with van der Waals surface area (Å²) in [7, 11) is 0. The van der Waals surface area contributed by atoms with Crippen molar-refractivity contribution in [3.8, 4) is 0 Å². The summed E-state index contributed by atoms with van der Waals surface area (Å²) in [6, 6.07) is 2.12. The number of halogens is 2. The molecule has 17 heavy (non-hydrogen) atoms. The van der Waals surface area contributed by atoms with E-state index >= 15 is 0 Å². The van der Waals surface area contributed by atoms with Gasteiger partial charge in [-0.2, -0.15) is 0 Å². The monoisotopic (exact) mass is 362 g/mol. The quantitative estimate of drug-likeness (QED) is 0.755. The van der Waals surface area contributed by atoms with Gasteiger partial charge in [0.25, 0.3) is 0 Å². The van der Waals surface area contributed by atoms with Gasteiger partial charge in [-0.1, -0.05) is 15.9 Å². The largest absolute Gasteiger partial charge is 0.371 e. The fourth-order valence-corrected chi connectivity index (χ4v) is 2.59. The Labute approximate surface area is 119 Å². The molecule has 1 aromatic heterocycles. The zero-order valence-corrected chi connectivity index (χ0v) is 13.2. The zero-order valence-electron chi connectivity index (χ0n) is 9.99. The summed E-state index contributed by atoms with van der Waals surface area (Å²) in [5, 5.41) is 0.864. The highest BCUT2D eigenvalue weighted by atomic mass is 79.9. The van der Waals surface area contributed by atoms with Gasteiger partial charge in [-0.25, -0.2) is 4.98 Å². The summed E-state index contributed by atoms with van der Waals surface area (Å²) in [6.45, 7) is 5.98.